The number of nitrogens with zero attached hydrogens (tertiary/aromatic N) is 1. The zero-order chi connectivity index (χ0) is 30.9. The van der Waals surface area contributed by atoms with Gasteiger partial charge in [0.15, 0.2) is 12.0 Å². The Balaban J connectivity index is 1.05. The van der Waals surface area contributed by atoms with Crippen LogP contribution in [0, 0.1) is 0 Å². The number of thiophene rings is 1. The van der Waals surface area contributed by atoms with Gasteiger partial charge in [0.2, 0.25) is 0 Å². The van der Waals surface area contributed by atoms with Crippen LogP contribution in [0.25, 0.3) is 69.9 Å². The molecule has 0 spiro atoms. The molecule has 3 nitrogen and oxygen atoms in total. The normalized spacial score (nSPS) is 14.1. The maximum Gasteiger partial charge on any atom is 0.196 e. The maximum atomic E-state index is 6.78. The molecule has 222 valence electrons. The molecule has 0 radical (unpaired) electrons. The van der Waals surface area contributed by atoms with E-state index >= 15 is 0 Å². The van der Waals surface area contributed by atoms with Crippen LogP contribution in [0.2, 0.25) is 0 Å². The molecule has 0 bridgehead atoms. The van der Waals surface area contributed by atoms with Gasteiger partial charge in [0.1, 0.15) is 0 Å². The van der Waals surface area contributed by atoms with Crippen molar-refractivity contribution in [3.8, 4) is 33.7 Å². The number of fused-ring (bicyclic) bond motifs is 8. The lowest BCUT2D eigenvalue weighted by Crippen LogP contribution is -2.10. The SMILES string of the molecule is c1ccc(-c2ccc3c(c2)c2ccccc2n3-c2ccc(C3Nc4cc(-c5ccccc5)c5sc6ccccc6c5c4O3)cc2)cc1. The Morgan fingerprint density at radius 1 is 0.553 bits per heavy atom. The highest BCUT2D eigenvalue weighted by Gasteiger charge is 2.29. The van der Waals surface area contributed by atoms with E-state index in [-0.39, 0.29) is 6.23 Å². The maximum absolute atomic E-state index is 6.78. The molecule has 0 saturated carbocycles. The van der Waals surface area contributed by atoms with Gasteiger partial charge >= 0.3 is 0 Å². The molecule has 10 rings (SSSR count). The molecule has 0 aliphatic carbocycles. The Bertz CT molecular complexity index is 2620. The van der Waals surface area contributed by atoms with Gasteiger partial charge in [0.05, 0.1) is 16.7 Å². The summed E-state index contributed by atoms with van der Waals surface area (Å²) in [5.74, 6) is 0.933. The molecule has 3 heterocycles. The zero-order valence-electron chi connectivity index (χ0n) is 25.4. The van der Waals surface area contributed by atoms with Gasteiger partial charge in [-0.05, 0) is 59.2 Å². The number of ether oxygens (including phenoxy) is 1. The fraction of sp³-hybridized carbons (Fsp3) is 0.0233. The summed E-state index contributed by atoms with van der Waals surface area (Å²) in [5.41, 5.74) is 10.5. The fourth-order valence-corrected chi connectivity index (χ4v) is 8.47. The molecule has 2 aromatic heterocycles. The molecule has 0 amide bonds. The number of hydrogen-bond acceptors (Lipinski definition) is 3. The monoisotopic (exact) mass is 620 g/mol. The van der Waals surface area contributed by atoms with Crippen LogP contribution in [0.4, 0.5) is 5.69 Å². The second kappa shape index (κ2) is 10.3. The van der Waals surface area contributed by atoms with E-state index in [1.54, 1.807) is 0 Å². The Morgan fingerprint density at radius 3 is 2.04 bits per heavy atom. The van der Waals surface area contributed by atoms with Crippen LogP contribution in [-0.4, -0.2) is 4.57 Å². The molecule has 0 saturated heterocycles. The van der Waals surface area contributed by atoms with Crippen LogP contribution in [0.5, 0.6) is 5.75 Å². The zero-order valence-corrected chi connectivity index (χ0v) is 26.2. The van der Waals surface area contributed by atoms with Crippen LogP contribution in [0.15, 0.2) is 158 Å². The minimum Gasteiger partial charge on any atom is -0.464 e. The average molecular weight is 621 g/mol. The largest absolute Gasteiger partial charge is 0.464 e. The first-order valence-corrected chi connectivity index (χ1v) is 16.8. The number of anilines is 1. The highest BCUT2D eigenvalue weighted by molar-refractivity contribution is 7.26. The van der Waals surface area contributed by atoms with Crippen molar-refractivity contribution in [2.24, 2.45) is 0 Å². The molecule has 0 fully saturated rings. The van der Waals surface area contributed by atoms with Gasteiger partial charge in [0.25, 0.3) is 0 Å². The molecule has 7 aromatic carbocycles. The first-order valence-electron chi connectivity index (χ1n) is 16.0. The van der Waals surface area contributed by atoms with Crippen LogP contribution in [-0.2, 0) is 0 Å². The topological polar surface area (TPSA) is 26.2 Å². The van der Waals surface area contributed by atoms with E-state index in [2.05, 4.69) is 168 Å². The Hall–Kier alpha value is -5.84. The van der Waals surface area contributed by atoms with Crippen molar-refractivity contribution >= 4 is 59.0 Å². The molecule has 47 heavy (non-hydrogen) atoms. The molecule has 1 N–H and O–H groups in total. The smallest absolute Gasteiger partial charge is 0.196 e. The lowest BCUT2D eigenvalue weighted by molar-refractivity contribution is 0.263. The predicted molar refractivity (Wildman–Crippen MR) is 198 cm³/mol. The Morgan fingerprint density at radius 2 is 1.23 bits per heavy atom. The first-order chi connectivity index (χ1) is 23.3. The lowest BCUT2D eigenvalue weighted by Gasteiger charge is -2.14. The summed E-state index contributed by atoms with van der Waals surface area (Å²) in [4.78, 5) is 0. The van der Waals surface area contributed by atoms with Crippen molar-refractivity contribution < 1.29 is 4.74 Å². The van der Waals surface area contributed by atoms with Crippen LogP contribution in [0.3, 0.4) is 0 Å². The van der Waals surface area contributed by atoms with Gasteiger partial charge in [0, 0.05) is 47.8 Å². The summed E-state index contributed by atoms with van der Waals surface area (Å²) in [6.45, 7) is 0. The highest BCUT2D eigenvalue weighted by atomic mass is 32.1. The minimum atomic E-state index is -0.279. The predicted octanol–water partition coefficient (Wildman–Crippen LogP) is 12.0. The first kappa shape index (κ1) is 26.4. The van der Waals surface area contributed by atoms with Gasteiger partial charge in [-0.25, -0.2) is 0 Å². The van der Waals surface area contributed by atoms with E-state index in [4.69, 9.17) is 4.74 Å². The van der Waals surface area contributed by atoms with Crippen LogP contribution >= 0.6 is 11.3 Å². The third-order valence-corrected chi connectivity index (χ3v) is 10.6. The van der Waals surface area contributed by atoms with Crippen LogP contribution in [0.1, 0.15) is 11.8 Å². The van der Waals surface area contributed by atoms with Crippen molar-refractivity contribution in [3.05, 3.63) is 163 Å². The molecule has 1 aliphatic rings. The standard InChI is InChI=1S/C43H28N2OS/c1-3-11-27(12-4-1)30-21-24-38-35(25-30)32-15-7-9-17-37(32)45(38)31-22-19-29(20-23-31)43-44-36-26-34(28-13-5-2-6-14-28)42-40(41(36)46-43)33-16-8-10-18-39(33)47-42/h1-26,43-44H. The van der Waals surface area contributed by atoms with E-state index in [0.29, 0.717) is 0 Å². The molecular formula is C43H28N2OS. The summed E-state index contributed by atoms with van der Waals surface area (Å²) in [6, 6.07) is 56.5. The van der Waals surface area contributed by atoms with Gasteiger partial charge in [-0.3, -0.25) is 0 Å². The average Bonchev–Trinajstić information content (AvgIpc) is 3.84. The van der Waals surface area contributed by atoms with Crippen molar-refractivity contribution in [3.63, 3.8) is 0 Å². The summed E-state index contributed by atoms with van der Waals surface area (Å²) in [7, 11) is 0. The summed E-state index contributed by atoms with van der Waals surface area (Å²) >= 11 is 1.84. The number of benzene rings is 7. The second-order valence-electron chi connectivity index (χ2n) is 12.2. The summed E-state index contributed by atoms with van der Waals surface area (Å²) in [5, 5.41) is 8.65. The minimum absolute atomic E-state index is 0.279. The van der Waals surface area contributed by atoms with E-state index in [0.717, 1.165) is 22.7 Å². The summed E-state index contributed by atoms with van der Waals surface area (Å²) in [6.07, 6.45) is -0.279. The van der Waals surface area contributed by atoms with Crippen molar-refractivity contribution in [2.75, 3.05) is 5.32 Å². The van der Waals surface area contributed by atoms with E-state index in [1.807, 2.05) is 11.3 Å². The van der Waals surface area contributed by atoms with E-state index < -0.39 is 0 Å². The Kier molecular flexibility index (Phi) is 5.81. The number of nitrogens with one attached hydrogen (secondary N) is 1. The van der Waals surface area contributed by atoms with E-state index in [1.165, 1.54) is 64.2 Å². The van der Waals surface area contributed by atoms with Gasteiger partial charge in [-0.2, -0.15) is 0 Å². The lowest BCUT2D eigenvalue weighted by atomic mass is 10.0. The molecular weight excluding hydrogens is 593 g/mol. The van der Waals surface area contributed by atoms with Gasteiger partial charge in [-0.1, -0.05) is 115 Å². The second-order valence-corrected chi connectivity index (χ2v) is 13.2. The van der Waals surface area contributed by atoms with Gasteiger partial charge in [-0.15, -0.1) is 11.3 Å². The highest BCUT2D eigenvalue weighted by Crippen LogP contribution is 2.52. The quantitative estimate of drug-likeness (QED) is 0.212. The van der Waals surface area contributed by atoms with Gasteiger partial charge < -0.3 is 14.6 Å². The fourth-order valence-electron chi connectivity index (χ4n) is 7.23. The van der Waals surface area contributed by atoms with Crippen molar-refractivity contribution in [2.45, 2.75) is 6.23 Å². The molecule has 9 aromatic rings. The third-order valence-electron chi connectivity index (χ3n) is 9.44. The number of aromatic nitrogens is 1. The number of para-hydroxylation sites is 1. The van der Waals surface area contributed by atoms with E-state index in [9.17, 15) is 0 Å². The molecule has 1 atom stereocenters. The molecule has 1 aliphatic heterocycles. The van der Waals surface area contributed by atoms with Crippen LogP contribution < -0.4 is 10.1 Å². The number of hydrogen-bond donors (Lipinski definition) is 1. The Labute approximate surface area is 275 Å². The number of rotatable bonds is 4. The van der Waals surface area contributed by atoms with Crippen molar-refractivity contribution in [1.82, 2.24) is 4.57 Å². The van der Waals surface area contributed by atoms with Crippen molar-refractivity contribution in [1.29, 1.82) is 0 Å². The third kappa shape index (κ3) is 4.12. The molecule has 4 heteroatoms. The summed E-state index contributed by atoms with van der Waals surface area (Å²) < 4.78 is 11.7. The molecule has 1 unspecified atom stereocenters.